The fourth-order valence-electron chi connectivity index (χ4n) is 3.96. The number of hydrogen-bond acceptors (Lipinski definition) is 4. The second-order valence-electron chi connectivity index (χ2n) is 6.70. The molecule has 1 unspecified atom stereocenters. The lowest BCUT2D eigenvalue weighted by Crippen LogP contribution is -2.56. The Labute approximate surface area is 126 Å². The molecule has 4 heteroatoms. The number of ether oxygens (including phenoxy) is 1. The van der Waals surface area contributed by atoms with Crippen molar-refractivity contribution in [3.63, 3.8) is 0 Å². The minimum atomic E-state index is 0.0897. The third kappa shape index (κ3) is 2.30. The Morgan fingerprint density at radius 2 is 2.10 bits per heavy atom. The minimum Gasteiger partial charge on any atom is -0.491 e. The number of nitrogens with zero attached hydrogens (tertiary/aromatic N) is 2. The number of benzene rings is 1. The van der Waals surface area contributed by atoms with E-state index in [9.17, 15) is 0 Å². The summed E-state index contributed by atoms with van der Waals surface area (Å²) in [5, 5.41) is 0. The zero-order valence-corrected chi connectivity index (χ0v) is 12.6. The van der Waals surface area contributed by atoms with Crippen LogP contribution in [0.25, 0.3) is 0 Å². The second kappa shape index (κ2) is 5.18. The van der Waals surface area contributed by atoms with Crippen LogP contribution in [0.4, 0.5) is 5.69 Å². The molecule has 0 amide bonds. The van der Waals surface area contributed by atoms with Gasteiger partial charge in [-0.25, -0.2) is 0 Å². The summed E-state index contributed by atoms with van der Waals surface area (Å²) in [6, 6.07) is 9.28. The molecule has 4 nitrogen and oxygen atoms in total. The summed E-state index contributed by atoms with van der Waals surface area (Å²) in [6.45, 7) is 4.89. The van der Waals surface area contributed by atoms with Crippen LogP contribution in [0.2, 0.25) is 0 Å². The number of fused-ring (bicyclic) bond motifs is 1. The molecule has 0 spiro atoms. The van der Waals surface area contributed by atoms with Crippen LogP contribution < -0.4 is 15.4 Å². The van der Waals surface area contributed by atoms with Gasteiger partial charge in [0.15, 0.2) is 0 Å². The number of anilines is 1. The predicted molar refractivity (Wildman–Crippen MR) is 84.9 cm³/mol. The predicted octanol–water partition coefficient (Wildman–Crippen LogP) is 1.84. The zero-order chi connectivity index (χ0) is 14.3. The Morgan fingerprint density at radius 1 is 1.24 bits per heavy atom. The number of nitrogens with two attached hydrogens (primary N) is 1. The van der Waals surface area contributed by atoms with Crippen molar-refractivity contribution in [2.45, 2.75) is 37.3 Å². The molecule has 1 aromatic rings. The lowest BCUT2D eigenvalue weighted by molar-refractivity contribution is 0.294. The quantitative estimate of drug-likeness (QED) is 0.921. The lowest BCUT2D eigenvalue weighted by Gasteiger charge is -2.42. The fourth-order valence-corrected chi connectivity index (χ4v) is 3.96. The van der Waals surface area contributed by atoms with Crippen molar-refractivity contribution in [2.75, 3.05) is 37.7 Å². The van der Waals surface area contributed by atoms with Crippen LogP contribution in [0.15, 0.2) is 24.3 Å². The van der Waals surface area contributed by atoms with Crippen LogP contribution in [-0.2, 0) is 0 Å². The van der Waals surface area contributed by atoms with Crippen molar-refractivity contribution in [1.29, 1.82) is 0 Å². The van der Waals surface area contributed by atoms with E-state index in [4.69, 9.17) is 10.5 Å². The van der Waals surface area contributed by atoms with Gasteiger partial charge in [-0.3, -0.25) is 4.90 Å². The maximum absolute atomic E-state index is 6.28. The molecular weight excluding hydrogens is 262 g/mol. The first-order valence-corrected chi connectivity index (χ1v) is 8.26. The molecule has 0 aromatic heterocycles. The van der Waals surface area contributed by atoms with Crippen LogP contribution in [-0.4, -0.2) is 49.3 Å². The van der Waals surface area contributed by atoms with Crippen molar-refractivity contribution in [3.05, 3.63) is 24.3 Å². The smallest absolute Gasteiger partial charge is 0.142 e. The van der Waals surface area contributed by atoms with E-state index in [0.29, 0.717) is 0 Å². The molecule has 1 aliphatic carbocycles. The van der Waals surface area contributed by atoms with Gasteiger partial charge in [-0.2, -0.15) is 0 Å². The molecule has 1 aromatic carbocycles. The van der Waals surface area contributed by atoms with Gasteiger partial charge < -0.3 is 15.4 Å². The number of hydrogen-bond donors (Lipinski definition) is 1. The van der Waals surface area contributed by atoms with Crippen LogP contribution in [0.5, 0.6) is 5.75 Å². The monoisotopic (exact) mass is 287 g/mol. The first kappa shape index (κ1) is 13.4. The van der Waals surface area contributed by atoms with Gasteiger partial charge in [-0.15, -0.1) is 0 Å². The van der Waals surface area contributed by atoms with Gasteiger partial charge in [-0.1, -0.05) is 12.1 Å². The van der Waals surface area contributed by atoms with E-state index >= 15 is 0 Å². The van der Waals surface area contributed by atoms with Crippen molar-refractivity contribution in [3.8, 4) is 5.75 Å². The molecule has 2 fully saturated rings. The Kier molecular flexibility index (Phi) is 3.31. The Hall–Kier alpha value is -1.26. The van der Waals surface area contributed by atoms with E-state index < -0.39 is 0 Å². The second-order valence-corrected chi connectivity index (χ2v) is 6.70. The summed E-state index contributed by atoms with van der Waals surface area (Å²) in [4.78, 5) is 5.21. The lowest BCUT2D eigenvalue weighted by atomic mass is 9.94. The van der Waals surface area contributed by atoms with Crippen molar-refractivity contribution >= 4 is 5.69 Å². The Morgan fingerprint density at radius 3 is 2.90 bits per heavy atom. The molecule has 1 saturated carbocycles. The van der Waals surface area contributed by atoms with E-state index in [2.05, 4.69) is 34.1 Å². The van der Waals surface area contributed by atoms with Crippen LogP contribution in [0, 0.1) is 0 Å². The summed E-state index contributed by atoms with van der Waals surface area (Å²) in [5.41, 5.74) is 7.61. The van der Waals surface area contributed by atoms with Gasteiger partial charge in [-0.05, 0) is 37.8 Å². The molecule has 4 rings (SSSR count). The summed E-state index contributed by atoms with van der Waals surface area (Å²) in [6.07, 6.45) is 4.99. The van der Waals surface area contributed by atoms with Gasteiger partial charge in [0.1, 0.15) is 5.75 Å². The highest BCUT2D eigenvalue weighted by Gasteiger charge is 2.46. The van der Waals surface area contributed by atoms with Crippen molar-refractivity contribution in [2.24, 2.45) is 5.73 Å². The molecule has 21 heavy (non-hydrogen) atoms. The number of para-hydroxylation sites is 2. The van der Waals surface area contributed by atoms with Crippen LogP contribution in [0.3, 0.4) is 0 Å². The maximum atomic E-state index is 6.28. The van der Waals surface area contributed by atoms with E-state index in [1.165, 1.54) is 31.5 Å². The van der Waals surface area contributed by atoms with E-state index in [-0.39, 0.29) is 5.54 Å². The van der Waals surface area contributed by atoms with Gasteiger partial charge in [0, 0.05) is 32.2 Å². The molecule has 1 saturated heterocycles. The molecule has 2 heterocycles. The van der Waals surface area contributed by atoms with E-state index in [1.807, 2.05) is 0 Å². The number of likely N-dealkylation sites (tertiary alicyclic amines) is 1. The largest absolute Gasteiger partial charge is 0.491 e. The standard InChI is InChI=1S/C17H25N3O/c18-12-17(8-10-19(13-17)14-6-7-14)20-9-3-11-21-16-5-2-1-4-15(16)20/h1-2,4-5,14H,3,6-13,18H2. The molecule has 3 aliphatic rings. The molecule has 2 N–H and O–H groups in total. The third-order valence-corrected chi connectivity index (χ3v) is 5.32. The van der Waals surface area contributed by atoms with Crippen molar-refractivity contribution < 1.29 is 4.74 Å². The molecule has 2 aliphatic heterocycles. The maximum Gasteiger partial charge on any atom is 0.142 e. The highest BCUT2D eigenvalue weighted by molar-refractivity contribution is 5.61. The van der Waals surface area contributed by atoms with E-state index in [1.54, 1.807) is 0 Å². The number of rotatable bonds is 3. The van der Waals surface area contributed by atoms with Crippen molar-refractivity contribution in [1.82, 2.24) is 4.90 Å². The average molecular weight is 287 g/mol. The molecule has 114 valence electrons. The average Bonchev–Trinajstić information content (AvgIpc) is 3.31. The SMILES string of the molecule is NCC1(N2CCCOc3ccccc32)CCN(C2CC2)C1. The van der Waals surface area contributed by atoms with Gasteiger partial charge in [0.2, 0.25) is 0 Å². The normalized spacial score (nSPS) is 29.9. The van der Waals surface area contributed by atoms with Gasteiger partial charge in [0.05, 0.1) is 17.8 Å². The highest BCUT2D eigenvalue weighted by atomic mass is 16.5. The fraction of sp³-hybridized carbons (Fsp3) is 0.647. The molecule has 0 bridgehead atoms. The highest BCUT2D eigenvalue weighted by Crippen LogP contribution is 2.41. The summed E-state index contributed by atoms with van der Waals surface area (Å²) in [7, 11) is 0. The summed E-state index contributed by atoms with van der Waals surface area (Å²) >= 11 is 0. The topological polar surface area (TPSA) is 41.7 Å². The first-order chi connectivity index (χ1) is 10.3. The van der Waals surface area contributed by atoms with Gasteiger partial charge >= 0.3 is 0 Å². The molecule has 1 atom stereocenters. The summed E-state index contributed by atoms with van der Waals surface area (Å²) in [5.74, 6) is 1.02. The first-order valence-electron chi connectivity index (χ1n) is 8.26. The van der Waals surface area contributed by atoms with E-state index in [0.717, 1.165) is 44.5 Å². The Balaban J connectivity index is 1.67. The minimum absolute atomic E-state index is 0.0897. The summed E-state index contributed by atoms with van der Waals surface area (Å²) < 4.78 is 5.92. The third-order valence-electron chi connectivity index (χ3n) is 5.32. The van der Waals surface area contributed by atoms with Crippen LogP contribution >= 0.6 is 0 Å². The molecular formula is C17H25N3O. The molecule has 0 radical (unpaired) electrons. The Bertz CT molecular complexity index is 517. The van der Waals surface area contributed by atoms with Crippen LogP contribution in [0.1, 0.15) is 25.7 Å². The van der Waals surface area contributed by atoms with Gasteiger partial charge in [0.25, 0.3) is 0 Å². The zero-order valence-electron chi connectivity index (χ0n) is 12.6.